The van der Waals surface area contributed by atoms with Gasteiger partial charge >= 0.3 is 0 Å². The highest BCUT2D eigenvalue weighted by molar-refractivity contribution is 7.89. The van der Waals surface area contributed by atoms with Crippen LogP contribution in [0.25, 0.3) is 0 Å². The third-order valence-electron chi connectivity index (χ3n) is 3.83. The minimum Gasteiger partial charge on any atom is -0.326 e. The van der Waals surface area contributed by atoms with Crippen LogP contribution in [-0.4, -0.2) is 39.9 Å². The molecule has 0 aliphatic rings. The summed E-state index contributed by atoms with van der Waals surface area (Å²) in [5.74, 6) is -0.212. The van der Waals surface area contributed by atoms with Crippen LogP contribution in [0.15, 0.2) is 53.4 Å². The largest absolute Gasteiger partial charge is 0.326 e. The van der Waals surface area contributed by atoms with Crippen molar-refractivity contribution >= 4 is 33.2 Å². The van der Waals surface area contributed by atoms with Crippen molar-refractivity contribution in [1.82, 2.24) is 9.62 Å². The van der Waals surface area contributed by atoms with Crippen LogP contribution in [0, 0.1) is 0 Å². The molecule has 1 atom stereocenters. The fourth-order valence-corrected chi connectivity index (χ4v) is 3.64. The van der Waals surface area contributed by atoms with E-state index >= 15 is 0 Å². The quantitative estimate of drug-likeness (QED) is 0.755. The summed E-state index contributed by atoms with van der Waals surface area (Å²) in [6.07, 6.45) is 0. The van der Waals surface area contributed by atoms with E-state index < -0.39 is 10.0 Å². The van der Waals surface area contributed by atoms with E-state index in [1.165, 1.54) is 19.1 Å². The molecule has 2 aromatic carbocycles. The van der Waals surface area contributed by atoms with Crippen molar-refractivity contribution in [2.45, 2.75) is 17.9 Å². The Morgan fingerprint density at radius 1 is 1.08 bits per heavy atom. The third-order valence-corrected chi connectivity index (χ3v) is 5.52. The molecular weight excluding hydrogens is 374 g/mol. The SMILES string of the molecule is CC(=O)Nc1ccc(S(=O)(=O)NCC(c2ccc(Cl)cc2)N(C)C)cc1. The average molecular weight is 396 g/mol. The van der Waals surface area contributed by atoms with Crippen LogP contribution in [0.2, 0.25) is 5.02 Å². The summed E-state index contributed by atoms with van der Waals surface area (Å²) < 4.78 is 27.7. The van der Waals surface area contributed by atoms with Gasteiger partial charge in [-0.3, -0.25) is 4.79 Å². The van der Waals surface area contributed by atoms with Crippen LogP contribution in [0.3, 0.4) is 0 Å². The number of benzene rings is 2. The monoisotopic (exact) mass is 395 g/mol. The van der Waals surface area contributed by atoms with Crippen LogP contribution in [-0.2, 0) is 14.8 Å². The number of halogens is 1. The molecule has 0 bridgehead atoms. The summed E-state index contributed by atoms with van der Waals surface area (Å²) in [6.45, 7) is 1.61. The van der Waals surface area contributed by atoms with Gasteiger partial charge < -0.3 is 10.2 Å². The van der Waals surface area contributed by atoms with Gasteiger partial charge in [0.1, 0.15) is 0 Å². The number of sulfonamides is 1. The summed E-state index contributed by atoms with van der Waals surface area (Å²) in [5, 5.41) is 3.23. The molecule has 2 aromatic rings. The van der Waals surface area contributed by atoms with Gasteiger partial charge in [0.15, 0.2) is 0 Å². The molecule has 0 aromatic heterocycles. The Labute approximate surface area is 159 Å². The molecular formula is C18H22ClN3O3S. The zero-order valence-electron chi connectivity index (χ0n) is 14.9. The summed E-state index contributed by atoms with van der Waals surface area (Å²) in [7, 11) is 0.104. The first-order valence-electron chi connectivity index (χ1n) is 7.98. The maximum atomic E-state index is 12.5. The maximum Gasteiger partial charge on any atom is 0.240 e. The molecule has 6 nitrogen and oxygen atoms in total. The number of carbonyl (C=O) groups excluding carboxylic acids is 1. The lowest BCUT2D eigenvalue weighted by atomic mass is 10.1. The number of hydrogen-bond donors (Lipinski definition) is 2. The summed E-state index contributed by atoms with van der Waals surface area (Å²) >= 11 is 5.92. The van der Waals surface area contributed by atoms with E-state index in [2.05, 4.69) is 10.0 Å². The van der Waals surface area contributed by atoms with Crippen molar-refractivity contribution in [1.29, 1.82) is 0 Å². The molecule has 1 unspecified atom stereocenters. The molecule has 0 spiro atoms. The Kier molecular flexibility index (Phi) is 6.77. The molecule has 0 radical (unpaired) electrons. The van der Waals surface area contributed by atoms with Gasteiger partial charge in [0, 0.05) is 30.2 Å². The first-order valence-corrected chi connectivity index (χ1v) is 9.84. The number of anilines is 1. The van der Waals surface area contributed by atoms with Gasteiger partial charge in [-0.2, -0.15) is 0 Å². The lowest BCUT2D eigenvalue weighted by Crippen LogP contribution is -2.34. The first kappa shape index (κ1) is 20.4. The van der Waals surface area contributed by atoms with Crippen molar-refractivity contribution < 1.29 is 13.2 Å². The number of likely N-dealkylation sites (N-methyl/N-ethyl adjacent to an activating group) is 1. The average Bonchev–Trinajstić information content (AvgIpc) is 2.56. The summed E-state index contributed by atoms with van der Waals surface area (Å²) in [6, 6.07) is 13.2. The van der Waals surface area contributed by atoms with Gasteiger partial charge in [-0.1, -0.05) is 23.7 Å². The van der Waals surface area contributed by atoms with Gasteiger partial charge in [-0.25, -0.2) is 13.1 Å². The van der Waals surface area contributed by atoms with E-state index in [9.17, 15) is 13.2 Å². The number of amides is 1. The molecule has 0 heterocycles. The number of nitrogens with zero attached hydrogens (tertiary/aromatic N) is 1. The molecule has 2 rings (SSSR count). The lowest BCUT2D eigenvalue weighted by Gasteiger charge is -2.25. The molecule has 0 saturated carbocycles. The zero-order valence-corrected chi connectivity index (χ0v) is 16.4. The van der Waals surface area contributed by atoms with Gasteiger partial charge in [-0.05, 0) is 56.1 Å². The van der Waals surface area contributed by atoms with E-state index in [4.69, 9.17) is 11.6 Å². The molecule has 0 fully saturated rings. The lowest BCUT2D eigenvalue weighted by molar-refractivity contribution is -0.114. The number of carbonyl (C=O) groups is 1. The molecule has 0 aliphatic carbocycles. The number of rotatable bonds is 7. The Balaban J connectivity index is 2.12. The van der Waals surface area contributed by atoms with E-state index in [0.29, 0.717) is 10.7 Å². The second-order valence-corrected chi connectivity index (χ2v) is 8.29. The third kappa shape index (κ3) is 5.54. The van der Waals surface area contributed by atoms with Crippen LogP contribution < -0.4 is 10.0 Å². The van der Waals surface area contributed by atoms with E-state index in [1.54, 1.807) is 24.3 Å². The molecule has 8 heteroatoms. The normalized spacial score (nSPS) is 12.8. The Morgan fingerprint density at radius 3 is 2.15 bits per heavy atom. The highest BCUT2D eigenvalue weighted by atomic mass is 35.5. The van der Waals surface area contributed by atoms with Crippen molar-refractivity contribution in [3.63, 3.8) is 0 Å². The molecule has 0 aliphatic heterocycles. The second-order valence-electron chi connectivity index (χ2n) is 6.09. The van der Waals surface area contributed by atoms with E-state index in [1.807, 2.05) is 31.1 Å². The van der Waals surface area contributed by atoms with Crippen LogP contribution >= 0.6 is 11.6 Å². The predicted octanol–water partition coefficient (Wildman–Crippen LogP) is 2.88. The van der Waals surface area contributed by atoms with Crippen molar-refractivity contribution in [3.05, 3.63) is 59.1 Å². The van der Waals surface area contributed by atoms with Crippen molar-refractivity contribution in [3.8, 4) is 0 Å². The highest BCUT2D eigenvalue weighted by Gasteiger charge is 2.19. The minimum absolute atomic E-state index is 0.138. The molecule has 2 N–H and O–H groups in total. The van der Waals surface area contributed by atoms with Gasteiger partial charge in [0.25, 0.3) is 0 Å². The molecule has 1 amide bonds. The first-order chi connectivity index (χ1) is 12.2. The van der Waals surface area contributed by atoms with Crippen molar-refractivity contribution in [2.75, 3.05) is 26.0 Å². The minimum atomic E-state index is -3.67. The molecule has 0 saturated heterocycles. The number of nitrogens with one attached hydrogen (secondary N) is 2. The van der Waals surface area contributed by atoms with Gasteiger partial charge in [-0.15, -0.1) is 0 Å². The summed E-state index contributed by atoms with van der Waals surface area (Å²) in [4.78, 5) is 13.1. The second kappa shape index (κ2) is 8.64. The van der Waals surface area contributed by atoms with Crippen LogP contribution in [0.4, 0.5) is 5.69 Å². The Bertz CT molecular complexity index is 850. The van der Waals surface area contributed by atoms with E-state index in [0.717, 1.165) is 5.56 Å². The van der Waals surface area contributed by atoms with Gasteiger partial charge in [0.05, 0.1) is 4.90 Å². The van der Waals surface area contributed by atoms with E-state index in [-0.39, 0.29) is 23.4 Å². The van der Waals surface area contributed by atoms with Crippen LogP contribution in [0.5, 0.6) is 0 Å². The fourth-order valence-electron chi connectivity index (χ4n) is 2.48. The Hall–Kier alpha value is -1.93. The summed E-state index contributed by atoms with van der Waals surface area (Å²) in [5.41, 5.74) is 1.51. The highest BCUT2D eigenvalue weighted by Crippen LogP contribution is 2.21. The standard InChI is InChI=1S/C18H22ClN3O3S/c1-13(23)21-16-8-10-17(11-9-16)26(24,25)20-12-18(22(2)3)14-4-6-15(19)7-5-14/h4-11,18,20H,12H2,1-3H3,(H,21,23). The maximum absolute atomic E-state index is 12.5. The smallest absolute Gasteiger partial charge is 0.240 e. The topological polar surface area (TPSA) is 78.5 Å². The Morgan fingerprint density at radius 2 is 1.65 bits per heavy atom. The van der Waals surface area contributed by atoms with Crippen molar-refractivity contribution in [2.24, 2.45) is 0 Å². The van der Waals surface area contributed by atoms with Crippen LogP contribution in [0.1, 0.15) is 18.5 Å². The zero-order chi connectivity index (χ0) is 19.3. The molecule has 26 heavy (non-hydrogen) atoms. The predicted molar refractivity (Wildman–Crippen MR) is 104 cm³/mol. The molecule has 140 valence electrons. The fraction of sp³-hybridized carbons (Fsp3) is 0.278. The van der Waals surface area contributed by atoms with Gasteiger partial charge in [0.2, 0.25) is 15.9 Å². The number of hydrogen-bond acceptors (Lipinski definition) is 4.